The van der Waals surface area contributed by atoms with E-state index in [0.29, 0.717) is 12.7 Å². The Kier molecular flexibility index (Phi) is 3.34. The number of aliphatic hydroxyl groups excluding tert-OH is 1. The molecule has 0 amide bonds. The third-order valence-corrected chi connectivity index (χ3v) is 3.18. The minimum Gasteiger partial charge on any atom is -0.454 e. The third-order valence-electron chi connectivity index (χ3n) is 3.18. The molecule has 0 saturated heterocycles. The summed E-state index contributed by atoms with van der Waals surface area (Å²) in [5.74, 6) is 1.99. The molecule has 0 bridgehead atoms. The average Bonchev–Trinajstić information content (AvgIpc) is 2.72. The largest absolute Gasteiger partial charge is 0.454 e. The molecule has 88 valence electrons. The van der Waals surface area contributed by atoms with Gasteiger partial charge in [-0.1, -0.05) is 13.3 Å². The Balaban J connectivity index is 2.21. The quantitative estimate of drug-likeness (QED) is 0.849. The van der Waals surface area contributed by atoms with Crippen molar-refractivity contribution >= 4 is 0 Å². The maximum atomic E-state index is 9.22. The van der Waals surface area contributed by atoms with Crippen LogP contribution in [0.2, 0.25) is 0 Å². The molecule has 16 heavy (non-hydrogen) atoms. The number of ether oxygens (including phenoxy) is 2. The summed E-state index contributed by atoms with van der Waals surface area (Å²) in [5.41, 5.74) is 2.45. The van der Waals surface area contributed by atoms with Crippen LogP contribution >= 0.6 is 0 Å². The van der Waals surface area contributed by atoms with Crippen LogP contribution in [-0.2, 0) is 6.42 Å². The van der Waals surface area contributed by atoms with Crippen LogP contribution in [0, 0.1) is 12.8 Å². The highest BCUT2D eigenvalue weighted by molar-refractivity contribution is 5.48. The lowest BCUT2D eigenvalue weighted by Crippen LogP contribution is -2.09. The fraction of sp³-hybridized carbons (Fsp3) is 0.538. The molecule has 0 aliphatic carbocycles. The second kappa shape index (κ2) is 4.74. The summed E-state index contributed by atoms with van der Waals surface area (Å²) in [4.78, 5) is 0. The summed E-state index contributed by atoms with van der Waals surface area (Å²) in [6.07, 6.45) is 1.89. The van der Waals surface area contributed by atoms with Gasteiger partial charge in [0.05, 0.1) is 0 Å². The second-order valence-corrected chi connectivity index (χ2v) is 4.29. The first kappa shape index (κ1) is 11.3. The molecule has 0 spiro atoms. The maximum Gasteiger partial charge on any atom is 0.231 e. The van der Waals surface area contributed by atoms with Crippen molar-refractivity contribution in [3.05, 3.63) is 23.3 Å². The smallest absolute Gasteiger partial charge is 0.231 e. The van der Waals surface area contributed by atoms with Crippen LogP contribution in [0.4, 0.5) is 0 Å². The normalized spacial score (nSPS) is 15.2. The van der Waals surface area contributed by atoms with Gasteiger partial charge in [-0.15, -0.1) is 0 Å². The van der Waals surface area contributed by atoms with E-state index in [-0.39, 0.29) is 6.61 Å². The standard InChI is InChI=1S/C13H18O3/c1-3-10(7-14)5-11-6-13-12(4-9(11)2)15-8-16-13/h4,6,10,14H,3,5,7-8H2,1-2H3. The molecule has 1 unspecified atom stereocenters. The van der Waals surface area contributed by atoms with Crippen molar-refractivity contribution in [2.24, 2.45) is 5.92 Å². The van der Waals surface area contributed by atoms with Crippen molar-refractivity contribution in [1.29, 1.82) is 0 Å². The lowest BCUT2D eigenvalue weighted by molar-refractivity contribution is 0.174. The van der Waals surface area contributed by atoms with Gasteiger partial charge in [0.15, 0.2) is 11.5 Å². The van der Waals surface area contributed by atoms with E-state index in [1.54, 1.807) is 0 Å². The lowest BCUT2D eigenvalue weighted by Gasteiger charge is -2.14. The van der Waals surface area contributed by atoms with Gasteiger partial charge in [-0.05, 0) is 42.5 Å². The molecule has 1 aliphatic rings. The Morgan fingerprint density at radius 3 is 2.62 bits per heavy atom. The Hall–Kier alpha value is -1.22. The van der Waals surface area contributed by atoms with Crippen molar-refractivity contribution < 1.29 is 14.6 Å². The Morgan fingerprint density at radius 2 is 2.00 bits per heavy atom. The topological polar surface area (TPSA) is 38.7 Å². The Bertz CT molecular complexity index is 370. The van der Waals surface area contributed by atoms with E-state index in [0.717, 1.165) is 24.3 Å². The molecule has 2 rings (SSSR count). The van der Waals surface area contributed by atoms with E-state index in [4.69, 9.17) is 9.47 Å². The summed E-state index contributed by atoms with van der Waals surface area (Å²) in [7, 11) is 0. The maximum absolute atomic E-state index is 9.22. The van der Waals surface area contributed by atoms with Crippen LogP contribution in [0.1, 0.15) is 24.5 Å². The lowest BCUT2D eigenvalue weighted by atomic mass is 9.94. The Morgan fingerprint density at radius 1 is 1.31 bits per heavy atom. The first-order valence-electron chi connectivity index (χ1n) is 5.74. The molecule has 3 nitrogen and oxygen atoms in total. The highest BCUT2D eigenvalue weighted by Gasteiger charge is 2.17. The summed E-state index contributed by atoms with van der Waals surface area (Å²) in [6.45, 7) is 4.73. The predicted molar refractivity (Wildman–Crippen MR) is 61.9 cm³/mol. The molecule has 0 radical (unpaired) electrons. The number of fused-ring (bicyclic) bond motifs is 1. The monoisotopic (exact) mass is 222 g/mol. The zero-order valence-electron chi connectivity index (χ0n) is 9.82. The number of rotatable bonds is 4. The van der Waals surface area contributed by atoms with E-state index in [1.165, 1.54) is 11.1 Å². The van der Waals surface area contributed by atoms with Gasteiger partial charge in [0, 0.05) is 6.61 Å². The number of aliphatic hydroxyl groups is 1. The van der Waals surface area contributed by atoms with Gasteiger partial charge < -0.3 is 14.6 Å². The molecule has 1 heterocycles. The second-order valence-electron chi connectivity index (χ2n) is 4.29. The fourth-order valence-electron chi connectivity index (χ4n) is 1.95. The SMILES string of the molecule is CCC(CO)Cc1cc2c(cc1C)OCO2. The van der Waals surface area contributed by atoms with Crippen LogP contribution in [0.5, 0.6) is 11.5 Å². The van der Waals surface area contributed by atoms with E-state index in [9.17, 15) is 5.11 Å². The molecule has 0 fully saturated rings. The van der Waals surface area contributed by atoms with Crippen LogP contribution in [-0.4, -0.2) is 18.5 Å². The summed E-state index contributed by atoms with van der Waals surface area (Å²) in [6, 6.07) is 4.05. The van der Waals surface area contributed by atoms with E-state index >= 15 is 0 Å². The zero-order valence-corrected chi connectivity index (χ0v) is 9.82. The van der Waals surface area contributed by atoms with Gasteiger partial charge in [-0.2, -0.15) is 0 Å². The first-order valence-corrected chi connectivity index (χ1v) is 5.74. The molecule has 1 aliphatic heterocycles. The zero-order chi connectivity index (χ0) is 11.5. The van der Waals surface area contributed by atoms with Crippen molar-refractivity contribution in [1.82, 2.24) is 0 Å². The number of benzene rings is 1. The number of hydrogen-bond acceptors (Lipinski definition) is 3. The van der Waals surface area contributed by atoms with Gasteiger partial charge in [0.25, 0.3) is 0 Å². The minimum absolute atomic E-state index is 0.240. The molecule has 0 saturated carbocycles. The van der Waals surface area contributed by atoms with Gasteiger partial charge in [0.2, 0.25) is 6.79 Å². The van der Waals surface area contributed by atoms with Crippen molar-refractivity contribution in [3.63, 3.8) is 0 Å². The number of aryl methyl sites for hydroxylation is 1. The average molecular weight is 222 g/mol. The van der Waals surface area contributed by atoms with Crippen molar-refractivity contribution in [3.8, 4) is 11.5 Å². The molecule has 0 aromatic heterocycles. The fourth-order valence-corrected chi connectivity index (χ4v) is 1.95. The van der Waals surface area contributed by atoms with Gasteiger partial charge >= 0.3 is 0 Å². The van der Waals surface area contributed by atoms with E-state index in [1.807, 2.05) is 12.1 Å². The minimum atomic E-state index is 0.240. The molecule has 1 aromatic carbocycles. The summed E-state index contributed by atoms with van der Waals surface area (Å²) < 4.78 is 10.7. The predicted octanol–water partition coefficient (Wildman–Crippen LogP) is 2.28. The van der Waals surface area contributed by atoms with Crippen molar-refractivity contribution in [2.45, 2.75) is 26.7 Å². The van der Waals surface area contributed by atoms with Gasteiger partial charge in [-0.3, -0.25) is 0 Å². The molecular weight excluding hydrogens is 204 g/mol. The summed E-state index contributed by atoms with van der Waals surface area (Å²) >= 11 is 0. The molecule has 1 aromatic rings. The van der Waals surface area contributed by atoms with Crippen LogP contribution in [0.25, 0.3) is 0 Å². The highest BCUT2D eigenvalue weighted by Crippen LogP contribution is 2.35. The highest BCUT2D eigenvalue weighted by atomic mass is 16.7. The molecule has 1 atom stereocenters. The molecular formula is C13H18O3. The molecule has 3 heteroatoms. The number of hydrogen-bond donors (Lipinski definition) is 1. The Labute approximate surface area is 96.0 Å². The molecule has 1 N–H and O–H groups in total. The first-order chi connectivity index (χ1) is 7.74. The van der Waals surface area contributed by atoms with Gasteiger partial charge in [-0.25, -0.2) is 0 Å². The van der Waals surface area contributed by atoms with Crippen LogP contribution in [0.3, 0.4) is 0 Å². The third kappa shape index (κ3) is 2.14. The van der Waals surface area contributed by atoms with E-state index in [2.05, 4.69) is 13.8 Å². The van der Waals surface area contributed by atoms with E-state index < -0.39 is 0 Å². The summed E-state index contributed by atoms with van der Waals surface area (Å²) in [5, 5.41) is 9.22. The van der Waals surface area contributed by atoms with Crippen LogP contribution < -0.4 is 9.47 Å². The van der Waals surface area contributed by atoms with Crippen molar-refractivity contribution in [2.75, 3.05) is 13.4 Å². The van der Waals surface area contributed by atoms with Crippen LogP contribution in [0.15, 0.2) is 12.1 Å². The van der Waals surface area contributed by atoms with Gasteiger partial charge in [0.1, 0.15) is 0 Å².